The first-order valence-electron chi connectivity index (χ1n) is 5.75. The van der Waals surface area contributed by atoms with E-state index in [1.165, 1.54) is 23.5 Å². The molecule has 0 saturated heterocycles. The summed E-state index contributed by atoms with van der Waals surface area (Å²) in [6, 6.07) is 6.10. The maximum Gasteiger partial charge on any atom is 0.229 e. The predicted molar refractivity (Wildman–Crippen MR) is 72.0 cm³/mol. The molecule has 4 nitrogen and oxygen atoms in total. The van der Waals surface area contributed by atoms with Gasteiger partial charge in [-0.3, -0.25) is 4.79 Å². The SMILES string of the molecule is Cc1cnc(NC(=O)CCOc2ccccc2F)s1. The number of aryl methyl sites for hydroxylation is 1. The first kappa shape index (κ1) is 13.5. The van der Waals surface area contributed by atoms with Crippen LogP contribution in [-0.2, 0) is 4.79 Å². The Morgan fingerprint density at radius 3 is 2.95 bits per heavy atom. The Bertz CT molecular complexity index is 571. The number of aromatic nitrogens is 1. The maximum atomic E-state index is 13.2. The third-order valence-electron chi connectivity index (χ3n) is 2.29. The topological polar surface area (TPSA) is 51.2 Å². The molecule has 0 bridgehead atoms. The van der Waals surface area contributed by atoms with Crippen LogP contribution in [0.5, 0.6) is 5.75 Å². The van der Waals surface area contributed by atoms with Gasteiger partial charge in [0.25, 0.3) is 0 Å². The first-order valence-corrected chi connectivity index (χ1v) is 6.56. The highest BCUT2D eigenvalue weighted by molar-refractivity contribution is 7.15. The summed E-state index contributed by atoms with van der Waals surface area (Å²) in [7, 11) is 0. The lowest BCUT2D eigenvalue weighted by Gasteiger charge is -2.06. The van der Waals surface area contributed by atoms with Gasteiger partial charge in [-0.2, -0.15) is 0 Å². The van der Waals surface area contributed by atoms with Crippen molar-refractivity contribution < 1.29 is 13.9 Å². The number of hydrogen-bond donors (Lipinski definition) is 1. The number of rotatable bonds is 5. The fourth-order valence-corrected chi connectivity index (χ4v) is 2.09. The highest BCUT2D eigenvalue weighted by Crippen LogP contribution is 2.17. The van der Waals surface area contributed by atoms with Crippen molar-refractivity contribution in [3.63, 3.8) is 0 Å². The van der Waals surface area contributed by atoms with Gasteiger partial charge in [0, 0.05) is 11.1 Å². The molecule has 0 aliphatic rings. The lowest BCUT2D eigenvalue weighted by atomic mass is 10.3. The van der Waals surface area contributed by atoms with E-state index in [9.17, 15) is 9.18 Å². The number of halogens is 1. The van der Waals surface area contributed by atoms with Crippen molar-refractivity contribution in [2.75, 3.05) is 11.9 Å². The van der Waals surface area contributed by atoms with Crippen LogP contribution in [0.4, 0.5) is 9.52 Å². The number of nitrogens with one attached hydrogen (secondary N) is 1. The van der Waals surface area contributed by atoms with E-state index in [0.29, 0.717) is 5.13 Å². The van der Waals surface area contributed by atoms with Crippen molar-refractivity contribution in [2.24, 2.45) is 0 Å². The first-order chi connectivity index (χ1) is 9.15. The molecule has 0 radical (unpaired) electrons. The lowest BCUT2D eigenvalue weighted by Crippen LogP contribution is -2.15. The summed E-state index contributed by atoms with van der Waals surface area (Å²) in [5.41, 5.74) is 0. The van der Waals surface area contributed by atoms with Gasteiger partial charge in [0.1, 0.15) is 0 Å². The Hall–Kier alpha value is -1.95. The van der Waals surface area contributed by atoms with Crippen LogP contribution in [-0.4, -0.2) is 17.5 Å². The van der Waals surface area contributed by atoms with Crippen molar-refractivity contribution in [2.45, 2.75) is 13.3 Å². The van der Waals surface area contributed by atoms with Crippen LogP contribution >= 0.6 is 11.3 Å². The molecule has 2 aromatic rings. The molecule has 6 heteroatoms. The zero-order valence-corrected chi connectivity index (χ0v) is 11.2. The van der Waals surface area contributed by atoms with Gasteiger partial charge < -0.3 is 10.1 Å². The third kappa shape index (κ3) is 4.03. The Morgan fingerprint density at radius 2 is 2.26 bits per heavy atom. The summed E-state index contributed by atoms with van der Waals surface area (Å²) in [6.45, 7) is 2.03. The summed E-state index contributed by atoms with van der Waals surface area (Å²) in [4.78, 5) is 16.6. The number of nitrogens with zero attached hydrogens (tertiary/aromatic N) is 1. The standard InChI is InChI=1S/C13H13FN2O2S/c1-9-8-15-13(19-9)16-12(17)6-7-18-11-5-3-2-4-10(11)14/h2-5,8H,6-7H2,1H3,(H,15,16,17). The number of para-hydroxylation sites is 1. The molecule has 0 aliphatic heterocycles. The van der Waals surface area contributed by atoms with Crippen molar-refractivity contribution in [3.05, 3.63) is 41.2 Å². The van der Waals surface area contributed by atoms with E-state index in [4.69, 9.17) is 4.74 Å². The monoisotopic (exact) mass is 280 g/mol. The van der Waals surface area contributed by atoms with Crippen molar-refractivity contribution in [1.29, 1.82) is 0 Å². The second-order valence-corrected chi connectivity index (χ2v) is 5.09. The molecule has 1 amide bonds. The third-order valence-corrected chi connectivity index (χ3v) is 3.12. The van der Waals surface area contributed by atoms with E-state index in [1.807, 2.05) is 6.92 Å². The second kappa shape index (κ2) is 6.29. The molecule has 0 fully saturated rings. The van der Waals surface area contributed by atoms with Crippen LogP contribution in [0, 0.1) is 12.7 Å². The fraction of sp³-hybridized carbons (Fsp3) is 0.231. The molecule has 1 heterocycles. The van der Waals surface area contributed by atoms with E-state index >= 15 is 0 Å². The summed E-state index contributed by atoms with van der Waals surface area (Å²) < 4.78 is 18.4. The average molecular weight is 280 g/mol. The molecule has 1 N–H and O–H groups in total. The summed E-state index contributed by atoms with van der Waals surface area (Å²) in [5.74, 6) is -0.482. The van der Waals surface area contributed by atoms with Crippen molar-refractivity contribution >= 4 is 22.4 Å². The van der Waals surface area contributed by atoms with Crippen LogP contribution in [0.2, 0.25) is 0 Å². The number of amides is 1. The van der Waals surface area contributed by atoms with Crippen LogP contribution in [0.15, 0.2) is 30.5 Å². The molecule has 0 saturated carbocycles. The Morgan fingerprint density at radius 1 is 1.47 bits per heavy atom. The minimum atomic E-state index is -0.432. The van der Waals surface area contributed by atoms with Gasteiger partial charge in [0.2, 0.25) is 5.91 Å². The summed E-state index contributed by atoms with van der Waals surface area (Å²) in [6.07, 6.45) is 1.84. The Balaban J connectivity index is 1.77. The van der Waals surface area contributed by atoms with E-state index in [1.54, 1.807) is 18.3 Å². The van der Waals surface area contributed by atoms with Gasteiger partial charge in [-0.1, -0.05) is 12.1 Å². The highest BCUT2D eigenvalue weighted by atomic mass is 32.1. The number of ether oxygens (including phenoxy) is 1. The smallest absolute Gasteiger partial charge is 0.229 e. The highest BCUT2D eigenvalue weighted by Gasteiger charge is 2.07. The molecule has 2 rings (SSSR count). The number of benzene rings is 1. The minimum Gasteiger partial charge on any atom is -0.490 e. The zero-order chi connectivity index (χ0) is 13.7. The van der Waals surface area contributed by atoms with Crippen molar-refractivity contribution in [3.8, 4) is 5.75 Å². The molecule has 0 spiro atoms. The van der Waals surface area contributed by atoms with Gasteiger partial charge in [-0.25, -0.2) is 9.37 Å². The largest absolute Gasteiger partial charge is 0.490 e. The van der Waals surface area contributed by atoms with E-state index in [-0.39, 0.29) is 24.7 Å². The quantitative estimate of drug-likeness (QED) is 0.916. The molecule has 100 valence electrons. The van der Waals surface area contributed by atoms with Gasteiger partial charge in [-0.15, -0.1) is 11.3 Å². The van der Waals surface area contributed by atoms with Crippen LogP contribution in [0.1, 0.15) is 11.3 Å². The Kier molecular flexibility index (Phi) is 4.46. The number of hydrogen-bond acceptors (Lipinski definition) is 4. The average Bonchev–Trinajstić information content (AvgIpc) is 2.77. The summed E-state index contributed by atoms with van der Waals surface area (Å²) in [5, 5.41) is 3.22. The van der Waals surface area contributed by atoms with Crippen LogP contribution in [0.25, 0.3) is 0 Å². The zero-order valence-electron chi connectivity index (χ0n) is 10.4. The number of thiazole rings is 1. The normalized spacial score (nSPS) is 10.2. The molecule has 1 aromatic heterocycles. The molecule has 19 heavy (non-hydrogen) atoms. The number of anilines is 1. The van der Waals surface area contributed by atoms with Crippen LogP contribution < -0.4 is 10.1 Å². The van der Waals surface area contributed by atoms with Gasteiger partial charge >= 0.3 is 0 Å². The van der Waals surface area contributed by atoms with Gasteiger partial charge in [-0.05, 0) is 19.1 Å². The number of carbonyl (C=O) groups excluding carboxylic acids is 1. The van der Waals surface area contributed by atoms with E-state index in [2.05, 4.69) is 10.3 Å². The predicted octanol–water partition coefficient (Wildman–Crippen LogP) is 3.00. The number of carbonyl (C=O) groups is 1. The molecular weight excluding hydrogens is 267 g/mol. The minimum absolute atomic E-state index is 0.122. The molecule has 0 unspecified atom stereocenters. The second-order valence-electron chi connectivity index (χ2n) is 3.85. The lowest BCUT2D eigenvalue weighted by molar-refractivity contribution is -0.116. The van der Waals surface area contributed by atoms with E-state index < -0.39 is 5.82 Å². The maximum absolute atomic E-state index is 13.2. The molecule has 0 aliphatic carbocycles. The molecule has 0 atom stereocenters. The fourth-order valence-electron chi connectivity index (χ4n) is 1.41. The van der Waals surface area contributed by atoms with Gasteiger partial charge in [0.05, 0.1) is 13.0 Å². The van der Waals surface area contributed by atoms with Crippen LogP contribution in [0.3, 0.4) is 0 Å². The van der Waals surface area contributed by atoms with E-state index in [0.717, 1.165) is 4.88 Å². The van der Waals surface area contributed by atoms with Gasteiger partial charge in [0.15, 0.2) is 16.7 Å². The van der Waals surface area contributed by atoms with Crippen molar-refractivity contribution in [1.82, 2.24) is 4.98 Å². The molecular formula is C13H13FN2O2S. The summed E-state index contributed by atoms with van der Waals surface area (Å²) >= 11 is 1.40. The molecule has 1 aromatic carbocycles. The Labute approximate surface area is 114 Å².